The van der Waals surface area contributed by atoms with Gasteiger partial charge in [-0.05, 0) is 26.2 Å². The van der Waals surface area contributed by atoms with Crippen molar-refractivity contribution < 1.29 is 4.74 Å². The summed E-state index contributed by atoms with van der Waals surface area (Å²) in [6.45, 7) is 6.07. The average molecular weight is 223 g/mol. The van der Waals surface area contributed by atoms with Gasteiger partial charge in [-0.1, -0.05) is 0 Å². The molecule has 1 heterocycles. The van der Waals surface area contributed by atoms with Crippen LogP contribution in [0.2, 0.25) is 0 Å². The van der Waals surface area contributed by atoms with Gasteiger partial charge in [0, 0.05) is 18.6 Å². The van der Waals surface area contributed by atoms with Crippen LogP contribution in [0.3, 0.4) is 0 Å². The molecule has 90 valence electrons. The number of hydrogen-bond donors (Lipinski definition) is 1. The Hall–Kier alpha value is -0.630. The maximum absolute atomic E-state index is 8.50. The molecule has 4 unspecified atom stereocenters. The molecule has 1 saturated carbocycles. The molecule has 1 saturated heterocycles. The van der Waals surface area contributed by atoms with Gasteiger partial charge in [0.15, 0.2) is 0 Å². The fourth-order valence-electron chi connectivity index (χ4n) is 3.12. The molecule has 4 heteroatoms. The Kier molecular flexibility index (Phi) is 3.48. The highest BCUT2D eigenvalue weighted by molar-refractivity contribution is 5.08. The quantitative estimate of drug-likeness (QED) is 0.714. The van der Waals surface area contributed by atoms with E-state index in [4.69, 9.17) is 15.7 Å². The molecule has 0 amide bonds. The minimum atomic E-state index is 0.240. The van der Waals surface area contributed by atoms with Crippen molar-refractivity contribution in [1.82, 2.24) is 4.90 Å². The number of nitrogens with zero attached hydrogens (tertiary/aromatic N) is 2. The second-order valence-corrected chi connectivity index (χ2v) is 5.17. The summed E-state index contributed by atoms with van der Waals surface area (Å²) in [5, 5.41) is 8.50. The molecule has 4 nitrogen and oxygen atoms in total. The summed E-state index contributed by atoms with van der Waals surface area (Å²) < 4.78 is 5.78. The van der Waals surface area contributed by atoms with Crippen LogP contribution in [-0.4, -0.2) is 42.3 Å². The zero-order valence-electron chi connectivity index (χ0n) is 10.1. The van der Waals surface area contributed by atoms with Crippen molar-refractivity contribution >= 4 is 0 Å². The third-order valence-corrected chi connectivity index (χ3v) is 3.89. The van der Waals surface area contributed by atoms with Crippen molar-refractivity contribution in [1.29, 1.82) is 5.26 Å². The molecule has 0 aromatic rings. The predicted molar refractivity (Wildman–Crippen MR) is 61.7 cm³/mol. The number of fused-ring (bicyclic) bond motifs is 2. The first kappa shape index (κ1) is 11.8. The Labute approximate surface area is 97.3 Å². The van der Waals surface area contributed by atoms with E-state index >= 15 is 0 Å². The molecule has 2 N–H and O–H groups in total. The van der Waals surface area contributed by atoms with Crippen molar-refractivity contribution in [2.45, 2.75) is 50.9 Å². The molecule has 1 aliphatic heterocycles. The van der Waals surface area contributed by atoms with Gasteiger partial charge >= 0.3 is 0 Å². The molecule has 2 fully saturated rings. The first-order valence-electron chi connectivity index (χ1n) is 6.15. The van der Waals surface area contributed by atoms with Crippen LogP contribution < -0.4 is 5.73 Å². The SMILES string of the molecule is CC(C)N1CC2CC(OCCC#N)C1C2N. The highest BCUT2D eigenvalue weighted by Gasteiger charge is 2.51. The van der Waals surface area contributed by atoms with Crippen LogP contribution >= 0.6 is 0 Å². The smallest absolute Gasteiger partial charge is 0.0749 e. The largest absolute Gasteiger partial charge is 0.375 e. The minimum absolute atomic E-state index is 0.240. The van der Waals surface area contributed by atoms with E-state index in [1.165, 1.54) is 0 Å². The summed E-state index contributed by atoms with van der Waals surface area (Å²) in [5.41, 5.74) is 6.22. The van der Waals surface area contributed by atoms with Crippen LogP contribution in [0.15, 0.2) is 0 Å². The highest BCUT2D eigenvalue weighted by atomic mass is 16.5. The standard InChI is InChI=1S/C12H21N3O/c1-8(2)15-7-9-6-10(12(15)11(9)14)16-5-3-4-13/h8-12H,3,5-7,14H2,1-2H3. The molecule has 2 bridgehead atoms. The summed E-state index contributed by atoms with van der Waals surface area (Å²) in [5.74, 6) is 0.583. The Morgan fingerprint density at radius 3 is 2.88 bits per heavy atom. The van der Waals surface area contributed by atoms with Crippen LogP contribution in [-0.2, 0) is 4.74 Å². The zero-order valence-corrected chi connectivity index (χ0v) is 10.1. The molecule has 1 aliphatic carbocycles. The number of ether oxygens (including phenoxy) is 1. The molecule has 0 radical (unpaired) electrons. The van der Waals surface area contributed by atoms with E-state index in [0.29, 0.717) is 31.0 Å². The van der Waals surface area contributed by atoms with E-state index in [1.807, 2.05) is 0 Å². The first-order chi connectivity index (χ1) is 7.65. The molecule has 0 spiro atoms. The Balaban J connectivity index is 1.95. The van der Waals surface area contributed by atoms with Crippen molar-refractivity contribution in [2.24, 2.45) is 11.7 Å². The Morgan fingerprint density at radius 2 is 2.31 bits per heavy atom. The van der Waals surface area contributed by atoms with E-state index in [-0.39, 0.29) is 12.1 Å². The number of rotatable bonds is 4. The molecule has 0 aromatic heterocycles. The summed E-state index contributed by atoms with van der Waals surface area (Å²) in [6, 6.07) is 3.27. The Morgan fingerprint density at radius 1 is 1.56 bits per heavy atom. The van der Waals surface area contributed by atoms with Crippen molar-refractivity contribution in [2.75, 3.05) is 13.2 Å². The number of hydrogen-bond acceptors (Lipinski definition) is 4. The lowest BCUT2D eigenvalue weighted by molar-refractivity contribution is -0.0183. The van der Waals surface area contributed by atoms with E-state index in [2.05, 4.69) is 24.8 Å². The fourth-order valence-corrected chi connectivity index (χ4v) is 3.12. The van der Waals surface area contributed by atoms with Crippen LogP contribution in [0, 0.1) is 17.2 Å². The molecule has 2 rings (SSSR count). The van der Waals surface area contributed by atoms with Crippen LogP contribution in [0.1, 0.15) is 26.7 Å². The molecule has 16 heavy (non-hydrogen) atoms. The highest BCUT2D eigenvalue weighted by Crippen LogP contribution is 2.39. The second-order valence-electron chi connectivity index (χ2n) is 5.17. The average Bonchev–Trinajstić information content (AvgIpc) is 2.72. The molecular weight excluding hydrogens is 202 g/mol. The van der Waals surface area contributed by atoms with Crippen molar-refractivity contribution in [3.63, 3.8) is 0 Å². The number of nitriles is 1. The predicted octanol–water partition coefficient (Wildman–Crippen LogP) is 0.725. The number of likely N-dealkylation sites (tertiary alicyclic amines) is 1. The van der Waals surface area contributed by atoms with Gasteiger partial charge in [-0.25, -0.2) is 0 Å². The fraction of sp³-hybridized carbons (Fsp3) is 0.917. The van der Waals surface area contributed by atoms with Crippen LogP contribution in [0.5, 0.6) is 0 Å². The lowest BCUT2D eigenvalue weighted by Gasteiger charge is -2.35. The minimum Gasteiger partial charge on any atom is -0.375 e. The summed E-state index contributed by atoms with van der Waals surface area (Å²) in [7, 11) is 0. The molecule has 4 atom stereocenters. The van der Waals surface area contributed by atoms with Gasteiger partial charge in [0.2, 0.25) is 0 Å². The van der Waals surface area contributed by atoms with E-state index in [9.17, 15) is 0 Å². The first-order valence-corrected chi connectivity index (χ1v) is 6.15. The van der Waals surface area contributed by atoms with Gasteiger partial charge < -0.3 is 10.5 Å². The molecule has 2 aliphatic rings. The molecule has 0 aromatic carbocycles. The Bertz CT molecular complexity index is 286. The van der Waals surface area contributed by atoms with Crippen molar-refractivity contribution in [3.05, 3.63) is 0 Å². The summed E-state index contributed by atoms with van der Waals surface area (Å²) in [4.78, 5) is 2.45. The van der Waals surface area contributed by atoms with Gasteiger partial charge in [0.1, 0.15) is 0 Å². The van der Waals surface area contributed by atoms with Crippen LogP contribution in [0.4, 0.5) is 0 Å². The molecular formula is C12H21N3O. The zero-order chi connectivity index (χ0) is 11.7. The van der Waals surface area contributed by atoms with E-state index in [1.54, 1.807) is 0 Å². The van der Waals surface area contributed by atoms with Gasteiger partial charge in [-0.15, -0.1) is 0 Å². The second kappa shape index (κ2) is 4.70. The van der Waals surface area contributed by atoms with Crippen molar-refractivity contribution in [3.8, 4) is 6.07 Å². The summed E-state index contributed by atoms with van der Waals surface area (Å²) >= 11 is 0. The lowest BCUT2D eigenvalue weighted by atomic mass is 10.1. The normalized spacial score (nSPS) is 38.2. The van der Waals surface area contributed by atoms with Crippen LogP contribution in [0.25, 0.3) is 0 Å². The van der Waals surface area contributed by atoms with E-state index < -0.39 is 0 Å². The summed E-state index contributed by atoms with van der Waals surface area (Å²) in [6.07, 6.45) is 1.79. The van der Waals surface area contributed by atoms with Gasteiger partial charge in [-0.3, -0.25) is 4.90 Å². The van der Waals surface area contributed by atoms with E-state index in [0.717, 1.165) is 13.0 Å². The van der Waals surface area contributed by atoms with Gasteiger partial charge in [0.25, 0.3) is 0 Å². The third-order valence-electron chi connectivity index (χ3n) is 3.89. The third kappa shape index (κ3) is 1.95. The lowest BCUT2D eigenvalue weighted by Crippen LogP contribution is -2.49. The maximum atomic E-state index is 8.50. The monoisotopic (exact) mass is 223 g/mol. The topological polar surface area (TPSA) is 62.3 Å². The number of piperidine rings is 1. The number of nitrogens with two attached hydrogens (primary N) is 1. The van der Waals surface area contributed by atoms with Gasteiger partial charge in [-0.2, -0.15) is 5.26 Å². The maximum Gasteiger partial charge on any atom is 0.0749 e. The van der Waals surface area contributed by atoms with Gasteiger partial charge in [0.05, 0.1) is 31.2 Å².